The highest BCUT2D eigenvalue weighted by Crippen LogP contribution is 2.31. The molecule has 0 radical (unpaired) electrons. The highest BCUT2D eigenvalue weighted by molar-refractivity contribution is 5.66. The molecule has 0 atom stereocenters. The number of anilines is 1. The molecule has 1 aromatic heterocycles. The summed E-state index contributed by atoms with van der Waals surface area (Å²) in [6, 6.07) is 19.7. The Morgan fingerprint density at radius 3 is 2.32 bits per heavy atom. The fourth-order valence-corrected chi connectivity index (χ4v) is 2.32. The van der Waals surface area contributed by atoms with E-state index in [-0.39, 0.29) is 0 Å². The molecule has 1 heterocycles. The average molecular weight is 292 g/mol. The molecule has 0 aliphatic rings. The molecule has 0 unspecified atom stereocenters. The molecule has 0 aliphatic heterocycles. The smallest absolute Gasteiger partial charge is 0.173 e. The van der Waals surface area contributed by atoms with Crippen LogP contribution in [0.5, 0.6) is 0 Å². The zero-order valence-electron chi connectivity index (χ0n) is 12.2. The molecule has 22 heavy (non-hydrogen) atoms. The Morgan fingerprint density at radius 2 is 1.68 bits per heavy atom. The largest absolute Gasteiger partial charge is 0.364 e. The first-order valence-electron chi connectivity index (χ1n) is 7.06. The Morgan fingerprint density at radius 1 is 1.05 bits per heavy atom. The van der Waals surface area contributed by atoms with Crippen LogP contribution in [0.25, 0.3) is 5.69 Å². The number of benzene rings is 2. The summed E-state index contributed by atoms with van der Waals surface area (Å²) in [5.41, 5.74) is 2.96. The summed E-state index contributed by atoms with van der Waals surface area (Å²) in [6.07, 6.45) is 0. The number of hydrogen-bond donors (Lipinski definition) is 1. The molecule has 5 heteroatoms. The van der Waals surface area contributed by atoms with Crippen LogP contribution in [0.2, 0.25) is 0 Å². The van der Waals surface area contributed by atoms with E-state index in [2.05, 4.69) is 15.6 Å². The quantitative estimate of drug-likeness (QED) is 0.717. The molecular formula is C17H16N4O. The van der Waals surface area contributed by atoms with Crippen molar-refractivity contribution >= 4 is 11.5 Å². The van der Waals surface area contributed by atoms with E-state index < -0.39 is 0 Å². The summed E-state index contributed by atoms with van der Waals surface area (Å²) in [7, 11) is 0. The monoisotopic (exact) mass is 292 g/mol. The van der Waals surface area contributed by atoms with Gasteiger partial charge < -0.3 is 5.32 Å². The van der Waals surface area contributed by atoms with Gasteiger partial charge in [0, 0.05) is 6.54 Å². The molecule has 0 amide bonds. The van der Waals surface area contributed by atoms with Crippen molar-refractivity contribution < 1.29 is 0 Å². The van der Waals surface area contributed by atoms with Crippen molar-refractivity contribution in [2.24, 2.45) is 5.18 Å². The van der Waals surface area contributed by atoms with Gasteiger partial charge in [-0.15, -0.1) is 4.91 Å². The molecule has 110 valence electrons. The summed E-state index contributed by atoms with van der Waals surface area (Å²) in [5, 5.41) is 10.8. The van der Waals surface area contributed by atoms with Crippen LogP contribution in [0.15, 0.2) is 65.8 Å². The van der Waals surface area contributed by atoms with E-state index in [9.17, 15) is 4.91 Å². The van der Waals surface area contributed by atoms with Gasteiger partial charge in [0.1, 0.15) is 0 Å². The van der Waals surface area contributed by atoms with E-state index in [1.165, 1.54) is 0 Å². The van der Waals surface area contributed by atoms with Crippen LogP contribution in [-0.4, -0.2) is 9.78 Å². The molecule has 0 saturated carbocycles. The Labute approximate surface area is 128 Å². The van der Waals surface area contributed by atoms with Crippen molar-refractivity contribution in [3.63, 3.8) is 0 Å². The van der Waals surface area contributed by atoms with Gasteiger partial charge in [0.2, 0.25) is 0 Å². The minimum absolute atomic E-state index is 0.347. The highest BCUT2D eigenvalue weighted by Gasteiger charge is 2.17. The summed E-state index contributed by atoms with van der Waals surface area (Å²) in [5.74, 6) is 0.613. The molecule has 0 bridgehead atoms. The third-order valence-corrected chi connectivity index (χ3v) is 3.42. The number of nitrogens with one attached hydrogen (secondary N) is 1. The maximum atomic E-state index is 11.2. The maximum Gasteiger partial charge on any atom is 0.173 e. The number of hydrogen-bond acceptors (Lipinski definition) is 4. The number of nitrogens with zero attached hydrogens (tertiary/aromatic N) is 3. The molecule has 0 fully saturated rings. The first-order chi connectivity index (χ1) is 10.8. The van der Waals surface area contributed by atoms with Gasteiger partial charge >= 0.3 is 0 Å². The van der Waals surface area contributed by atoms with E-state index in [4.69, 9.17) is 0 Å². The fourth-order valence-electron chi connectivity index (χ4n) is 2.32. The zero-order chi connectivity index (χ0) is 15.4. The lowest BCUT2D eigenvalue weighted by Crippen LogP contribution is -2.06. The van der Waals surface area contributed by atoms with E-state index in [0.29, 0.717) is 23.7 Å². The lowest BCUT2D eigenvalue weighted by Gasteiger charge is -2.10. The normalized spacial score (nSPS) is 10.4. The van der Waals surface area contributed by atoms with Crippen molar-refractivity contribution in [1.82, 2.24) is 9.78 Å². The maximum absolute atomic E-state index is 11.2. The molecule has 0 aliphatic carbocycles. The van der Waals surface area contributed by atoms with Gasteiger partial charge in [-0.25, -0.2) is 4.68 Å². The fraction of sp³-hybridized carbons (Fsp3) is 0.118. The summed E-state index contributed by atoms with van der Waals surface area (Å²) < 4.78 is 1.72. The average Bonchev–Trinajstić information content (AvgIpc) is 2.90. The Bertz CT molecular complexity index is 766. The first-order valence-corrected chi connectivity index (χ1v) is 7.06. The Hall–Kier alpha value is -2.95. The van der Waals surface area contributed by atoms with Gasteiger partial charge in [0.25, 0.3) is 0 Å². The predicted octanol–water partition coefficient (Wildman–Crippen LogP) is 4.19. The number of para-hydroxylation sites is 1. The van der Waals surface area contributed by atoms with Crippen molar-refractivity contribution in [3.8, 4) is 5.69 Å². The number of nitroso groups, excluding NO2 is 1. The van der Waals surface area contributed by atoms with Crippen LogP contribution in [0.4, 0.5) is 11.5 Å². The predicted molar refractivity (Wildman–Crippen MR) is 87.5 cm³/mol. The second-order valence-corrected chi connectivity index (χ2v) is 4.96. The Kier molecular flexibility index (Phi) is 3.96. The topological polar surface area (TPSA) is 59.3 Å². The van der Waals surface area contributed by atoms with Crippen LogP contribution in [0.3, 0.4) is 0 Å². The minimum atomic E-state index is 0.347. The number of rotatable bonds is 5. The van der Waals surface area contributed by atoms with Crippen molar-refractivity contribution in [3.05, 3.63) is 76.8 Å². The van der Waals surface area contributed by atoms with Crippen molar-refractivity contribution in [1.29, 1.82) is 0 Å². The number of aromatic nitrogens is 2. The van der Waals surface area contributed by atoms with E-state index in [0.717, 1.165) is 11.3 Å². The van der Waals surface area contributed by atoms with Crippen LogP contribution in [0, 0.1) is 11.8 Å². The third-order valence-electron chi connectivity index (χ3n) is 3.42. The first kappa shape index (κ1) is 14.0. The minimum Gasteiger partial charge on any atom is -0.364 e. The van der Waals surface area contributed by atoms with Crippen molar-refractivity contribution in [2.75, 3.05) is 5.32 Å². The molecule has 3 rings (SSSR count). The molecular weight excluding hydrogens is 276 g/mol. The van der Waals surface area contributed by atoms with Crippen LogP contribution < -0.4 is 5.32 Å². The molecule has 1 N–H and O–H groups in total. The third kappa shape index (κ3) is 2.74. The zero-order valence-corrected chi connectivity index (χ0v) is 12.2. The molecule has 2 aromatic carbocycles. The standard InChI is InChI=1S/C17H16N4O/c1-13-16(20-22)17(18-12-14-8-4-2-5-9-14)21(19-13)15-10-6-3-7-11-15/h2-11,18H,12H2,1H3. The van der Waals surface area contributed by atoms with Gasteiger partial charge in [-0.2, -0.15) is 5.10 Å². The van der Waals surface area contributed by atoms with Gasteiger partial charge in [-0.3, -0.25) is 0 Å². The molecule has 0 saturated heterocycles. The summed E-state index contributed by atoms with van der Waals surface area (Å²) in [6.45, 7) is 2.38. The highest BCUT2D eigenvalue weighted by atomic mass is 16.3. The summed E-state index contributed by atoms with van der Waals surface area (Å²) in [4.78, 5) is 11.2. The van der Waals surface area contributed by atoms with E-state index >= 15 is 0 Å². The van der Waals surface area contributed by atoms with Crippen LogP contribution in [0.1, 0.15) is 11.3 Å². The molecule has 0 spiro atoms. The van der Waals surface area contributed by atoms with Gasteiger partial charge in [-0.1, -0.05) is 48.5 Å². The SMILES string of the molecule is Cc1nn(-c2ccccc2)c(NCc2ccccc2)c1N=O. The van der Waals surface area contributed by atoms with E-state index in [1.54, 1.807) is 11.6 Å². The van der Waals surface area contributed by atoms with Gasteiger partial charge in [0.05, 0.1) is 11.4 Å². The van der Waals surface area contributed by atoms with Crippen molar-refractivity contribution in [2.45, 2.75) is 13.5 Å². The lowest BCUT2D eigenvalue weighted by atomic mass is 10.2. The molecule has 5 nitrogen and oxygen atoms in total. The number of aryl methyl sites for hydroxylation is 1. The lowest BCUT2D eigenvalue weighted by molar-refractivity contribution is 0.859. The van der Waals surface area contributed by atoms with Gasteiger partial charge in [0.15, 0.2) is 11.5 Å². The second kappa shape index (κ2) is 6.22. The Balaban J connectivity index is 1.96. The second-order valence-electron chi connectivity index (χ2n) is 4.96. The van der Waals surface area contributed by atoms with E-state index in [1.807, 2.05) is 60.7 Å². The molecule has 3 aromatic rings. The van der Waals surface area contributed by atoms with Gasteiger partial charge in [-0.05, 0) is 29.8 Å². The van der Waals surface area contributed by atoms with Crippen LogP contribution in [-0.2, 0) is 6.54 Å². The summed E-state index contributed by atoms with van der Waals surface area (Å²) >= 11 is 0. The van der Waals surface area contributed by atoms with Crippen LogP contribution >= 0.6 is 0 Å².